The van der Waals surface area contributed by atoms with Crippen molar-refractivity contribution < 1.29 is 9.53 Å². The minimum Gasteiger partial charge on any atom is -0.464 e. The van der Waals surface area contributed by atoms with Crippen molar-refractivity contribution in [3.05, 3.63) is 23.3 Å². The Balaban J connectivity index is 1.93. The third kappa shape index (κ3) is 4.03. The second-order valence-corrected chi connectivity index (χ2v) is 5.45. The van der Waals surface area contributed by atoms with Crippen LogP contribution in [0.1, 0.15) is 43.7 Å². The van der Waals surface area contributed by atoms with E-state index in [0.29, 0.717) is 6.61 Å². The molecule has 0 aliphatic heterocycles. The van der Waals surface area contributed by atoms with E-state index in [1.54, 1.807) is 4.68 Å². The molecule has 0 unspecified atom stereocenters. The van der Waals surface area contributed by atoms with Crippen molar-refractivity contribution in [3.8, 4) is 0 Å². The Labute approximate surface area is 125 Å². The summed E-state index contributed by atoms with van der Waals surface area (Å²) in [5.74, 6) is -0.253. The Bertz CT molecular complexity index is 619. The van der Waals surface area contributed by atoms with E-state index in [9.17, 15) is 4.79 Å². The van der Waals surface area contributed by atoms with Crippen molar-refractivity contribution in [2.75, 3.05) is 6.61 Å². The molecule has 0 N–H and O–H groups in total. The predicted octanol–water partition coefficient (Wildman–Crippen LogP) is 3.17. The van der Waals surface area contributed by atoms with Gasteiger partial charge >= 0.3 is 5.97 Å². The molecule has 2 rings (SSSR count). The van der Waals surface area contributed by atoms with Crippen LogP contribution in [0.15, 0.2) is 12.1 Å². The SMILES string of the molecule is CCCCCCOC(=O)Cn1nnc2cc(C)c(C)cc21. The minimum absolute atomic E-state index is 0.118. The summed E-state index contributed by atoms with van der Waals surface area (Å²) in [5, 5.41) is 8.14. The maximum Gasteiger partial charge on any atom is 0.327 e. The third-order valence-electron chi connectivity index (χ3n) is 3.67. The van der Waals surface area contributed by atoms with E-state index in [-0.39, 0.29) is 12.5 Å². The lowest BCUT2D eigenvalue weighted by Crippen LogP contribution is -2.15. The van der Waals surface area contributed by atoms with Crippen molar-refractivity contribution in [1.82, 2.24) is 15.0 Å². The number of carbonyl (C=O) groups is 1. The second kappa shape index (κ2) is 7.20. The molecule has 114 valence electrons. The average molecular weight is 289 g/mol. The van der Waals surface area contributed by atoms with Gasteiger partial charge in [-0.3, -0.25) is 4.79 Å². The number of esters is 1. The van der Waals surface area contributed by atoms with Gasteiger partial charge in [0.2, 0.25) is 0 Å². The van der Waals surface area contributed by atoms with Crippen LogP contribution in [0.25, 0.3) is 11.0 Å². The molecule has 0 saturated carbocycles. The fourth-order valence-corrected chi connectivity index (χ4v) is 2.22. The van der Waals surface area contributed by atoms with Crippen LogP contribution in [0.3, 0.4) is 0 Å². The number of hydrogen-bond donors (Lipinski definition) is 0. The fraction of sp³-hybridized carbons (Fsp3) is 0.562. The topological polar surface area (TPSA) is 57.0 Å². The highest BCUT2D eigenvalue weighted by Gasteiger charge is 2.11. The monoisotopic (exact) mass is 289 g/mol. The normalized spacial score (nSPS) is 11.0. The molecule has 0 aliphatic carbocycles. The van der Waals surface area contributed by atoms with Gasteiger partial charge in [0.1, 0.15) is 12.1 Å². The number of aryl methyl sites for hydroxylation is 2. The van der Waals surface area contributed by atoms with Crippen molar-refractivity contribution in [2.45, 2.75) is 53.0 Å². The molecule has 2 aromatic rings. The molecule has 0 amide bonds. The Kier molecular flexibility index (Phi) is 5.31. The summed E-state index contributed by atoms with van der Waals surface area (Å²) in [6, 6.07) is 4.00. The summed E-state index contributed by atoms with van der Waals surface area (Å²) in [6.07, 6.45) is 4.39. The van der Waals surface area contributed by atoms with E-state index in [2.05, 4.69) is 17.2 Å². The molecular weight excluding hydrogens is 266 g/mol. The average Bonchev–Trinajstić information content (AvgIpc) is 2.81. The van der Waals surface area contributed by atoms with Gasteiger partial charge in [0.15, 0.2) is 0 Å². The van der Waals surface area contributed by atoms with Crippen LogP contribution < -0.4 is 0 Å². The molecule has 0 aliphatic rings. The first-order valence-electron chi connectivity index (χ1n) is 7.58. The van der Waals surface area contributed by atoms with E-state index in [1.165, 1.54) is 24.0 Å². The summed E-state index contributed by atoms with van der Waals surface area (Å²) in [7, 11) is 0. The highest BCUT2D eigenvalue weighted by atomic mass is 16.5. The first kappa shape index (κ1) is 15.5. The Morgan fingerprint density at radius 3 is 2.71 bits per heavy atom. The van der Waals surface area contributed by atoms with Crippen molar-refractivity contribution in [2.24, 2.45) is 0 Å². The molecule has 1 heterocycles. The highest BCUT2D eigenvalue weighted by molar-refractivity contribution is 5.78. The molecule has 0 bridgehead atoms. The van der Waals surface area contributed by atoms with Gasteiger partial charge < -0.3 is 4.74 Å². The van der Waals surface area contributed by atoms with Crippen LogP contribution in [0.2, 0.25) is 0 Å². The van der Waals surface area contributed by atoms with E-state index in [4.69, 9.17) is 4.74 Å². The number of ether oxygens (including phenoxy) is 1. The number of fused-ring (bicyclic) bond motifs is 1. The van der Waals surface area contributed by atoms with E-state index >= 15 is 0 Å². The maximum atomic E-state index is 11.8. The van der Waals surface area contributed by atoms with E-state index in [0.717, 1.165) is 23.9 Å². The zero-order valence-corrected chi connectivity index (χ0v) is 13.1. The number of benzene rings is 1. The standard InChI is InChI=1S/C16H23N3O2/c1-4-5-6-7-8-21-16(20)11-19-15-10-13(3)12(2)9-14(15)17-18-19/h9-10H,4-8,11H2,1-3H3. The Morgan fingerprint density at radius 2 is 1.95 bits per heavy atom. The highest BCUT2D eigenvalue weighted by Crippen LogP contribution is 2.17. The van der Waals surface area contributed by atoms with Crippen LogP contribution in [0, 0.1) is 13.8 Å². The van der Waals surface area contributed by atoms with E-state index < -0.39 is 0 Å². The number of nitrogens with zero attached hydrogens (tertiary/aromatic N) is 3. The van der Waals surface area contributed by atoms with Gasteiger partial charge in [0.25, 0.3) is 0 Å². The first-order valence-corrected chi connectivity index (χ1v) is 7.58. The Hall–Kier alpha value is -1.91. The molecule has 5 nitrogen and oxygen atoms in total. The second-order valence-electron chi connectivity index (χ2n) is 5.45. The molecule has 0 fully saturated rings. The maximum absolute atomic E-state index is 11.8. The summed E-state index contributed by atoms with van der Waals surface area (Å²) in [4.78, 5) is 11.8. The summed E-state index contributed by atoms with van der Waals surface area (Å²) in [5.41, 5.74) is 4.03. The Morgan fingerprint density at radius 1 is 1.19 bits per heavy atom. The lowest BCUT2D eigenvalue weighted by atomic mass is 10.1. The molecule has 0 spiro atoms. The number of hydrogen-bond acceptors (Lipinski definition) is 4. The van der Waals surface area contributed by atoms with Crippen molar-refractivity contribution in [3.63, 3.8) is 0 Å². The molecule has 0 radical (unpaired) electrons. The van der Waals surface area contributed by atoms with Crippen LogP contribution in [-0.2, 0) is 16.1 Å². The zero-order chi connectivity index (χ0) is 15.2. The van der Waals surface area contributed by atoms with Crippen LogP contribution in [0.4, 0.5) is 0 Å². The number of aromatic nitrogens is 3. The minimum atomic E-state index is -0.253. The van der Waals surface area contributed by atoms with E-state index in [1.807, 2.05) is 26.0 Å². The third-order valence-corrected chi connectivity index (χ3v) is 3.67. The zero-order valence-electron chi connectivity index (χ0n) is 13.1. The quantitative estimate of drug-likeness (QED) is 0.580. The van der Waals surface area contributed by atoms with Gasteiger partial charge in [0, 0.05) is 0 Å². The lowest BCUT2D eigenvalue weighted by molar-refractivity contribution is -0.144. The fourth-order valence-electron chi connectivity index (χ4n) is 2.22. The molecule has 21 heavy (non-hydrogen) atoms. The van der Waals surface area contributed by atoms with Gasteiger partial charge in [-0.05, 0) is 43.5 Å². The lowest BCUT2D eigenvalue weighted by Gasteiger charge is -2.06. The van der Waals surface area contributed by atoms with Gasteiger partial charge in [-0.15, -0.1) is 5.10 Å². The van der Waals surface area contributed by atoms with Gasteiger partial charge in [-0.1, -0.05) is 31.4 Å². The number of rotatable bonds is 7. The number of carbonyl (C=O) groups excluding carboxylic acids is 1. The van der Waals surface area contributed by atoms with Crippen LogP contribution in [0.5, 0.6) is 0 Å². The van der Waals surface area contributed by atoms with Gasteiger partial charge in [-0.25, -0.2) is 4.68 Å². The van der Waals surface area contributed by atoms with Crippen molar-refractivity contribution in [1.29, 1.82) is 0 Å². The summed E-state index contributed by atoms with van der Waals surface area (Å²) in [6.45, 7) is 6.85. The van der Waals surface area contributed by atoms with Crippen LogP contribution >= 0.6 is 0 Å². The summed E-state index contributed by atoms with van der Waals surface area (Å²) < 4.78 is 6.84. The molecule has 0 saturated heterocycles. The first-order chi connectivity index (χ1) is 10.1. The molecule has 5 heteroatoms. The van der Waals surface area contributed by atoms with Crippen LogP contribution in [-0.4, -0.2) is 27.6 Å². The molecular formula is C16H23N3O2. The number of unbranched alkanes of at least 4 members (excludes halogenated alkanes) is 3. The largest absolute Gasteiger partial charge is 0.464 e. The summed E-state index contributed by atoms with van der Waals surface area (Å²) >= 11 is 0. The predicted molar refractivity (Wildman–Crippen MR) is 82.1 cm³/mol. The van der Waals surface area contributed by atoms with Crippen molar-refractivity contribution >= 4 is 17.0 Å². The molecule has 1 aromatic heterocycles. The van der Waals surface area contributed by atoms with Gasteiger partial charge in [-0.2, -0.15) is 0 Å². The van der Waals surface area contributed by atoms with Gasteiger partial charge in [0.05, 0.1) is 12.1 Å². The smallest absolute Gasteiger partial charge is 0.327 e. The molecule has 1 aromatic carbocycles. The molecule has 0 atom stereocenters.